The fourth-order valence-corrected chi connectivity index (χ4v) is 2.14. The van der Waals surface area contributed by atoms with E-state index in [1.807, 2.05) is 0 Å². The van der Waals surface area contributed by atoms with Crippen molar-refractivity contribution in [2.75, 3.05) is 6.54 Å². The van der Waals surface area contributed by atoms with Crippen LogP contribution in [0.5, 0.6) is 0 Å². The van der Waals surface area contributed by atoms with E-state index in [-0.39, 0.29) is 45.1 Å². The Balaban J connectivity index is 4.79. The van der Waals surface area contributed by atoms with Gasteiger partial charge in [-0.25, -0.2) is 0 Å². The van der Waals surface area contributed by atoms with Crippen molar-refractivity contribution >= 4 is 29.7 Å². The maximum atomic E-state index is 12.0. The molecule has 12 nitrogen and oxygen atoms in total. The van der Waals surface area contributed by atoms with Crippen molar-refractivity contribution in [3.8, 4) is 0 Å². The van der Waals surface area contributed by atoms with Crippen LogP contribution in [0, 0.1) is 0 Å². The summed E-state index contributed by atoms with van der Waals surface area (Å²) in [6, 6.07) is -2.78. The molecule has 0 fully saturated rings. The first-order valence-electron chi connectivity index (χ1n) is 8.27. The number of carbonyl (C=O) groups is 5. The number of amides is 2. The predicted molar refractivity (Wildman–Crippen MR) is 91.5 cm³/mol. The molecule has 0 bridgehead atoms. The van der Waals surface area contributed by atoms with E-state index in [1.165, 1.54) is 0 Å². The number of rotatable bonds is 15. The Bertz CT molecular complexity index is 554. The first-order valence-corrected chi connectivity index (χ1v) is 8.27. The summed E-state index contributed by atoms with van der Waals surface area (Å²) < 4.78 is 0. The number of hydrogen-bond donors (Lipinski definition) is 7. The summed E-state index contributed by atoms with van der Waals surface area (Å²) in [6.45, 7) is -0.0438. The Labute approximate surface area is 155 Å². The molecule has 0 radical (unpaired) electrons. The molecule has 27 heavy (non-hydrogen) atoms. The second kappa shape index (κ2) is 12.6. The zero-order valence-electron chi connectivity index (χ0n) is 14.7. The van der Waals surface area contributed by atoms with Crippen molar-refractivity contribution in [1.82, 2.24) is 10.6 Å². The summed E-state index contributed by atoms with van der Waals surface area (Å²) in [7, 11) is 0. The van der Waals surface area contributed by atoms with E-state index < -0.39 is 47.8 Å². The van der Waals surface area contributed by atoms with Crippen LogP contribution in [0.3, 0.4) is 0 Å². The fourth-order valence-electron chi connectivity index (χ4n) is 2.14. The molecule has 0 aliphatic heterocycles. The lowest BCUT2D eigenvalue weighted by Gasteiger charge is -2.23. The third-order valence-electron chi connectivity index (χ3n) is 3.66. The van der Waals surface area contributed by atoms with E-state index in [9.17, 15) is 24.0 Å². The van der Waals surface area contributed by atoms with Gasteiger partial charge >= 0.3 is 17.9 Å². The molecule has 3 atom stereocenters. The minimum atomic E-state index is -1.11. The number of aliphatic carboxylic acids is 3. The summed E-state index contributed by atoms with van der Waals surface area (Å²) in [4.78, 5) is 55.3. The van der Waals surface area contributed by atoms with E-state index >= 15 is 0 Å². The summed E-state index contributed by atoms with van der Waals surface area (Å²) in [5.41, 5.74) is 10.8. The summed E-state index contributed by atoms with van der Waals surface area (Å²) in [5, 5.41) is 31.3. The number of hydrogen-bond acceptors (Lipinski definition) is 7. The highest BCUT2D eigenvalue weighted by molar-refractivity contribution is 5.82. The van der Waals surface area contributed by atoms with Gasteiger partial charge in [-0.15, -0.1) is 0 Å². The minimum Gasteiger partial charge on any atom is -0.481 e. The fraction of sp³-hybridized carbons (Fsp3) is 0.667. The van der Waals surface area contributed by atoms with Crippen LogP contribution in [-0.4, -0.2) is 69.7 Å². The van der Waals surface area contributed by atoms with E-state index in [2.05, 4.69) is 10.6 Å². The molecule has 0 unspecified atom stereocenters. The predicted octanol–water partition coefficient (Wildman–Crippen LogP) is -2.16. The van der Waals surface area contributed by atoms with E-state index in [0.717, 1.165) is 0 Å². The zero-order valence-corrected chi connectivity index (χ0v) is 14.7. The number of carboxylic acids is 3. The second-order valence-electron chi connectivity index (χ2n) is 5.97. The van der Waals surface area contributed by atoms with Crippen molar-refractivity contribution in [3.05, 3.63) is 0 Å². The molecule has 154 valence electrons. The van der Waals surface area contributed by atoms with Gasteiger partial charge < -0.3 is 37.4 Å². The van der Waals surface area contributed by atoms with Crippen LogP contribution in [0.4, 0.5) is 0 Å². The van der Waals surface area contributed by atoms with Crippen LogP contribution in [0.25, 0.3) is 0 Å². The zero-order chi connectivity index (χ0) is 21.0. The minimum absolute atomic E-state index is 0.0180. The van der Waals surface area contributed by atoms with Crippen molar-refractivity contribution in [2.24, 2.45) is 11.5 Å². The molecular weight excluding hydrogens is 364 g/mol. The van der Waals surface area contributed by atoms with Crippen LogP contribution >= 0.6 is 0 Å². The van der Waals surface area contributed by atoms with Crippen molar-refractivity contribution < 1.29 is 39.3 Å². The Morgan fingerprint density at radius 3 is 1.78 bits per heavy atom. The topological polar surface area (TPSA) is 222 Å². The summed E-state index contributed by atoms with van der Waals surface area (Å²) >= 11 is 0. The summed E-state index contributed by atoms with van der Waals surface area (Å²) in [5.74, 6) is -4.75. The molecule has 12 heteroatoms. The average Bonchev–Trinajstić information content (AvgIpc) is 2.56. The van der Waals surface area contributed by atoms with Gasteiger partial charge in [0, 0.05) is 31.8 Å². The van der Waals surface area contributed by atoms with Crippen LogP contribution in [0.1, 0.15) is 38.5 Å². The highest BCUT2D eigenvalue weighted by Crippen LogP contribution is 2.03. The molecular formula is C15H26N4O8. The van der Waals surface area contributed by atoms with Gasteiger partial charge in [0.2, 0.25) is 11.8 Å². The lowest BCUT2D eigenvalue weighted by molar-refractivity contribution is -0.138. The molecule has 9 N–H and O–H groups in total. The van der Waals surface area contributed by atoms with Gasteiger partial charge in [-0.3, -0.25) is 24.0 Å². The van der Waals surface area contributed by atoms with E-state index in [0.29, 0.717) is 0 Å². The number of nitrogens with one attached hydrogen (secondary N) is 2. The molecule has 0 aromatic carbocycles. The molecule has 0 rings (SSSR count). The second-order valence-corrected chi connectivity index (χ2v) is 5.97. The lowest BCUT2D eigenvalue weighted by Crippen LogP contribution is -2.52. The number of primary amides is 1. The molecule has 0 aromatic rings. The van der Waals surface area contributed by atoms with Gasteiger partial charge in [-0.05, 0) is 19.3 Å². The molecule has 2 amide bonds. The molecule has 0 aliphatic carbocycles. The van der Waals surface area contributed by atoms with Crippen molar-refractivity contribution in [2.45, 2.75) is 56.7 Å². The Hall–Kier alpha value is -2.73. The van der Waals surface area contributed by atoms with Crippen LogP contribution < -0.4 is 22.1 Å². The molecule has 0 saturated heterocycles. The van der Waals surface area contributed by atoms with Crippen molar-refractivity contribution in [1.29, 1.82) is 0 Å². The van der Waals surface area contributed by atoms with Gasteiger partial charge in [0.1, 0.15) is 0 Å². The van der Waals surface area contributed by atoms with Gasteiger partial charge in [0.15, 0.2) is 0 Å². The molecule has 0 heterocycles. The van der Waals surface area contributed by atoms with Gasteiger partial charge in [0.25, 0.3) is 0 Å². The smallest absolute Gasteiger partial charge is 0.303 e. The highest BCUT2D eigenvalue weighted by Gasteiger charge is 2.22. The third-order valence-corrected chi connectivity index (χ3v) is 3.66. The largest absolute Gasteiger partial charge is 0.481 e. The average molecular weight is 390 g/mol. The van der Waals surface area contributed by atoms with Gasteiger partial charge in [0.05, 0.1) is 12.1 Å². The van der Waals surface area contributed by atoms with Crippen LogP contribution in [0.2, 0.25) is 0 Å². The normalized spacial score (nSPS) is 14.0. The maximum Gasteiger partial charge on any atom is 0.303 e. The monoisotopic (exact) mass is 390 g/mol. The Kier molecular flexibility index (Phi) is 11.3. The van der Waals surface area contributed by atoms with Gasteiger partial charge in [-0.2, -0.15) is 0 Å². The van der Waals surface area contributed by atoms with Gasteiger partial charge in [-0.1, -0.05) is 0 Å². The Morgan fingerprint density at radius 1 is 0.815 bits per heavy atom. The third kappa shape index (κ3) is 12.3. The molecule has 0 aliphatic rings. The molecule has 0 saturated carbocycles. The van der Waals surface area contributed by atoms with E-state index in [1.54, 1.807) is 0 Å². The SMILES string of the molecule is NC(=O)[C@@H](CCC(=O)O)NC[C@@H](CCC(=O)O)NC(=O)[C@H](N)CCC(=O)O. The van der Waals surface area contributed by atoms with Crippen molar-refractivity contribution in [3.63, 3.8) is 0 Å². The first kappa shape index (κ1) is 24.3. The lowest BCUT2D eigenvalue weighted by atomic mass is 10.1. The number of nitrogens with two attached hydrogens (primary N) is 2. The van der Waals surface area contributed by atoms with Crippen LogP contribution in [0.15, 0.2) is 0 Å². The quantitative estimate of drug-likeness (QED) is 0.160. The Morgan fingerprint density at radius 2 is 1.30 bits per heavy atom. The number of carboxylic acid groups (broad SMARTS) is 3. The molecule has 0 aromatic heterocycles. The summed E-state index contributed by atoms with van der Waals surface area (Å²) in [6.07, 6.45) is -1.01. The standard InChI is InChI=1S/C15H26N4O8/c16-9(2-5-12(22)23)15(27)19-8(1-4-11(20)21)7-18-10(14(17)26)3-6-13(24)25/h8-10,18H,1-7,16H2,(H2,17,26)(H,19,27)(H,20,21)(H,22,23)(H,24,25)/t8-,9-,10-/m1/s1. The number of carbonyl (C=O) groups excluding carboxylic acids is 2. The maximum absolute atomic E-state index is 12.0. The van der Waals surface area contributed by atoms with Crippen LogP contribution in [-0.2, 0) is 24.0 Å². The highest BCUT2D eigenvalue weighted by atomic mass is 16.4. The van der Waals surface area contributed by atoms with E-state index in [4.69, 9.17) is 26.8 Å². The molecule has 0 spiro atoms. The first-order chi connectivity index (χ1) is 12.5.